The van der Waals surface area contributed by atoms with E-state index in [1.54, 1.807) is 0 Å². The average Bonchev–Trinajstić information content (AvgIpc) is 2.17. The van der Waals surface area contributed by atoms with Crippen LogP contribution in [0.25, 0.3) is 0 Å². The SMILES string of the molecule is CC(C)(C)NCCN1CCCC(CCO)C1. The molecular weight excluding hydrogens is 200 g/mol. The minimum atomic E-state index is 0.223. The molecule has 0 aromatic rings. The van der Waals surface area contributed by atoms with Crippen molar-refractivity contribution in [1.82, 2.24) is 10.2 Å². The Kier molecular flexibility index (Phi) is 5.73. The molecule has 0 aromatic heterocycles. The molecule has 0 aromatic carbocycles. The molecule has 0 saturated carbocycles. The van der Waals surface area contributed by atoms with E-state index < -0.39 is 0 Å². The highest BCUT2D eigenvalue weighted by Crippen LogP contribution is 2.18. The van der Waals surface area contributed by atoms with Crippen LogP contribution in [0.1, 0.15) is 40.0 Å². The lowest BCUT2D eigenvalue weighted by atomic mass is 9.95. The number of piperidine rings is 1. The summed E-state index contributed by atoms with van der Waals surface area (Å²) in [7, 11) is 0. The Labute approximate surface area is 100 Å². The fourth-order valence-electron chi connectivity index (χ4n) is 2.36. The molecule has 0 radical (unpaired) electrons. The molecule has 1 fully saturated rings. The zero-order valence-corrected chi connectivity index (χ0v) is 11.1. The summed E-state index contributed by atoms with van der Waals surface area (Å²) in [4.78, 5) is 2.53. The van der Waals surface area contributed by atoms with Gasteiger partial charge in [0, 0.05) is 31.8 Å². The first-order chi connectivity index (χ1) is 7.51. The number of aliphatic hydroxyl groups excluding tert-OH is 1. The van der Waals surface area contributed by atoms with Crippen molar-refractivity contribution in [3.63, 3.8) is 0 Å². The van der Waals surface area contributed by atoms with E-state index in [-0.39, 0.29) is 5.54 Å². The van der Waals surface area contributed by atoms with Crippen LogP contribution in [0.15, 0.2) is 0 Å². The minimum Gasteiger partial charge on any atom is -0.396 e. The number of rotatable bonds is 5. The van der Waals surface area contributed by atoms with Crippen molar-refractivity contribution in [3.8, 4) is 0 Å². The standard InChI is InChI=1S/C13H28N2O/c1-13(2,3)14-7-9-15-8-4-5-12(11-15)6-10-16/h12,14,16H,4-11H2,1-3H3. The van der Waals surface area contributed by atoms with Gasteiger partial charge >= 0.3 is 0 Å². The van der Waals surface area contributed by atoms with Gasteiger partial charge in [-0.05, 0) is 52.5 Å². The Hall–Kier alpha value is -0.120. The van der Waals surface area contributed by atoms with Gasteiger partial charge < -0.3 is 15.3 Å². The van der Waals surface area contributed by atoms with Crippen molar-refractivity contribution in [2.75, 3.05) is 32.8 Å². The molecule has 3 heteroatoms. The first-order valence-corrected chi connectivity index (χ1v) is 6.59. The molecular formula is C13H28N2O. The highest BCUT2D eigenvalue weighted by molar-refractivity contribution is 4.75. The van der Waals surface area contributed by atoms with Gasteiger partial charge in [0.15, 0.2) is 0 Å². The Morgan fingerprint density at radius 3 is 2.75 bits per heavy atom. The highest BCUT2D eigenvalue weighted by atomic mass is 16.3. The number of hydrogen-bond acceptors (Lipinski definition) is 3. The predicted octanol–water partition coefficient (Wildman–Crippen LogP) is 1.47. The third-order valence-corrected chi connectivity index (χ3v) is 3.22. The average molecular weight is 228 g/mol. The first kappa shape index (κ1) is 13.9. The maximum Gasteiger partial charge on any atom is 0.0434 e. The number of nitrogens with one attached hydrogen (secondary N) is 1. The van der Waals surface area contributed by atoms with E-state index in [2.05, 4.69) is 31.0 Å². The van der Waals surface area contributed by atoms with Gasteiger partial charge in [-0.15, -0.1) is 0 Å². The molecule has 1 unspecified atom stereocenters. The van der Waals surface area contributed by atoms with Gasteiger partial charge in [-0.1, -0.05) is 0 Å². The van der Waals surface area contributed by atoms with Crippen LogP contribution in [-0.2, 0) is 0 Å². The van der Waals surface area contributed by atoms with E-state index in [0.717, 1.165) is 19.5 Å². The predicted molar refractivity (Wildman–Crippen MR) is 68.6 cm³/mol. The van der Waals surface area contributed by atoms with Crippen molar-refractivity contribution in [1.29, 1.82) is 0 Å². The van der Waals surface area contributed by atoms with Gasteiger partial charge in [0.25, 0.3) is 0 Å². The van der Waals surface area contributed by atoms with Crippen molar-refractivity contribution in [2.45, 2.75) is 45.6 Å². The van der Waals surface area contributed by atoms with Crippen LogP contribution in [0.5, 0.6) is 0 Å². The molecule has 1 aliphatic heterocycles. The summed E-state index contributed by atoms with van der Waals surface area (Å²) in [5.74, 6) is 0.716. The largest absolute Gasteiger partial charge is 0.396 e. The minimum absolute atomic E-state index is 0.223. The van der Waals surface area contributed by atoms with Crippen LogP contribution in [-0.4, -0.2) is 48.3 Å². The van der Waals surface area contributed by atoms with Gasteiger partial charge in [-0.3, -0.25) is 0 Å². The summed E-state index contributed by atoms with van der Waals surface area (Å²) >= 11 is 0. The quantitative estimate of drug-likeness (QED) is 0.748. The molecule has 1 heterocycles. The highest BCUT2D eigenvalue weighted by Gasteiger charge is 2.19. The van der Waals surface area contributed by atoms with Gasteiger partial charge in [-0.25, -0.2) is 0 Å². The van der Waals surface area contributed by atoms with Gasteiger partial charge in [-0.2, -0.15) is 0 Å². The summed E-state index contributed by atoms with van der Waals surface area (Å²) in [6, 6.07) is 0. The summed E-state index contributed by atoms with van der Waals surface area (Å²) in [5, 5.41) is 12.5. The van der Waals surface area contributed by atoms with E-state index in [4.69, 9.17) is 5.11 Å². The molecule has 0 bridgehead atoms. The molecule has 0 amide bonds. The lowest BCUT2D eigenvalue weighted by Gasteiger charge is -2.33. The van der Waals surface area contributed by atoms with Crippen LogP contribution in [0.4, 0.5) is 0 Å². The van der Waals surface area contributed by atoms with Crippen molar-refractivity contribution >= 4 is 0 Å². The zero-order chi connectivity index (χ0) is 12.0. The topological polar surface area (TPSA) is 35.5 Å². The summed E-state index contributed by atoms with van der Waals surface area (Å²) < 4.78 is 0. The number of nitrogens with zero attached hydrogens (tertiary/aromatic N) is 1. The monoisotopic (exact) mass is 228 g/mol. The Morgan fingerprint density at radius 2 is 2.12 bits per heavy atom. The summed E-state index contributed by atoms with van der Waals surface area (Å²) in [6.45, 7) is 11.6. The van der Waals surface area contributed by atoms with E-state index >= 15 is 0 Å². The van der Waals surface area contributed by atoms with Crippen molar-refractivity contribution in [2.24, 2.45) is 5.92 Å². The van der Waals surface area contributed by atoms with Gasteiger partial charge in [0.05, 0.1) is 0 Å². The van der Waals surface area contributed by atoms with Crippen LogP contribution < -0.4 is 5.32 Å². The maximum atomic E-state index is 8.96. The third-order valence-electron chi connectivity index (χ3n) is 3.22. The van der Waals surface area contributed by atoms with Crippen LogP contribution in [0, 0.1) is 5.92 Å². The molecule has 1 saturated heterocycles. The maximum absolute atomic E-state index is 8.96. The van der Waals surface area contributed by atoms with Gasteiger partial charge in [0.2, 0.25) is 0 Å². The zero-order valence-electron chi connectivity index (χ0n) is 11.1. The Balaban J connectivity index is 2.16. The van der Waals surface area contributed by atoms with Crippen LogP contribution in [0.3, 0.4) is 0 Å². The molecule has 96 valence electrons. The Bertz CT molecular complexity index is 187. The van der Waals surface area contributed by atoms with E-state index in [1.165, 1.54) is 25.9 Å². The third kappa shape index (κ3) is 5.83. The molecule has 1 aliphatic rings. The number of likely N-dealkylation sites (tertiary alicyclic amines) is 1. The van der Waals surface area contributed by atoms with Crippen molar-refractivity contribution < 1.29 is 5.11 Å². The smallest absolute Gasteiger partial charge is 0.0434 e. The Morgan fingerprint density at radius 1 is 1.38 bits per heavy atom. The second kappa shape index (κ2) is 6.58. The summed E-state index contributed by atoms with van der Waals surface area (Å²) in [6.07, 6.45) is 3.56. The molecule has 3 nitrogen and oxygen atoms in total. The normalized spacial score (nSPS) is 23.6. The lowest BCUT2D eigenvalue weighted by molar-refractivity contribution is 0.146. The molecule has 0 spiro atoms. The molecule has 16 heavy (non-hydrogen) atoms. The van der Waals surface area contributed by atoms with Crippen LogP contribution in [0.2, 0.25) is 0 Å². The van der Waals surface area contributed by atoms with Crippen LogP contribution >= 0.6 is 0 Å². The second-order valence-electron chi connectivity index (χ2n) is 6.00. The van der Waals surface area contributed by atoms with E-state index in [0.29, 0.717) is 12.5 Å². The molecule has 1 atom stereocenters. The summed E-state index contributed by atoms with van der Waals surface area (Å²) in [5.41, 5.74) is 0.223. The number of hydrogen-bond donors (Lipinski definition) is 2. The van der Waals surface area contributed by atoms with Gasteiger partial charge in [0.1, 0.15) is 0 Å². The van der Waals surface area contributed by atoms with Crippen molar-refractivity contribution in [3.05, 3.63) is 0 Å². The van der Waals surface area contributed by atoms with E-state index in [1.807, 2.05) is 0 Å². The fourth-order valence-corrected chi connectivity index (χ4v) is 2.36. The number of aliphatic hydroxyl groups is 1. The first-order valence-electron chi connectivity index (χ1n) is 6.59. The fraction of sp³-hybridized carbons (Fsp3) is 1.00. The molecule has 1 rings (SSSR count). The molecule has 2 N–H and O–H groups in total. The second-order valence-corrected chi connectivity index (χ2v) is 6.00. The molecule has 0 aliphatic carbocycles. The van der Waals surface area contributed by atoms with E-state index in [9.17, 15) is 0 Å². The lowest BCUT2D eigenvalue weighted by Crippen LogP contribution is -2.44.